The molecule has 0 unspecified atom stereocenters. The van der Waals surface area contributed by atoms with Gasteiger partial charge in [-0.1, -0.05) is 12.1 Å². The van der Waals surface area contributed by atoms with E-state index in [0.29, 0.717) is 11.5 Å². The van der Waals surface area contributed by atoms with Gasteiger partial charge in [-0.15, -0.1) is 11.3 Å². The SMILES string of the molecule is CCOC(=O)c1sc2c(ccc(=O)n2-c2ccccc2[N+](=O)[O-])c1Nc1ccc(F)cc1F. The molecule has 1 N–H and O–H groups in total. The monoisotopic (exact) mass is 471 g/mol. The summed E-state index contributed by atoms with van der Waals surface area (Å²) in [4.78, 5) is 36.6. The zero-order valence-corrected chi connectivity index (χ0v) is 17.8. The highest BCUT2D eigenvalue weighted by atomic mass is 32.1. The molecule has 0 spiro atoms. The Kier molecular flexibility index (Phi) is 5.88. The van der Waals surface area contributed by atoms with Crippen molar-refractivity contribution in [1.82, 2.24) is 4.57 Å². The van der Waals surface area contributed by atoms with Crippen LogP contribution in [0.25, 0.3) is 15.9 Å². The highest BCUT2D eigenvalue weighted by Crippen LogP contribution is 2.39. The van der Waals surface area contributed by atoms with E-state index in [9.17, 15) is 28.5 Å². The van der Waals surface area contributed by atoms with Crippen LogP contribution in [0.2, 0.25) is 0 Å². The van der Waals surface area contributed by atoms with E-state index >= 15 is 0 Å². The molecule has 0 aliphatic carbocycles. The number of halogens is 2. The van der Waals surface area contributed by atoms with Crippen molar-refractivity contribution in [2.24, 2.45) is 0 Å². The van der Waals surface area contributed by atoms with Gasteiger partial charge in [0.15, 0.2) is 0 Å². The fraction of sp³-hybridized carbons (Fsp3) is 0.0909. The van der Waals surface area contributed by atoms with Gasteiger partial charge in [0.05, 0.1) is 22.9 Å². The molecule has 0 aliphatic heterocycles. The number of thiophene rings is 1. The van der Waals surface area contributed by atoms with Gasteiger partial charge < -0.3 is 10.1 Å². The predicted molar refractivity (Wildman–Crippen MR) is 120 cm³/mol. The minimum Gasteiger partial charge on any atom is -0.462 e. The quantitative estimate of drug-likeness (QED) is 0.237. The Hall–Kier alpha value is -4.12. The van der Waals surface area contributed by atoms with Crippen LogP contribution in [0.3, 0.4) is 0 Å². The number of hydrogen-bond donors (Lipinski definition) is 1. The largest absolute Gasteiger partial charge is 0.462 e. The molecular weight excluding hydrogens is 456 g/mol. The summed E-state index contributed by atoms with van der Waals surface area (Å²) in [5.74, 6) is -2.40. The van der Waals surface area contributed by atoms with Gasteiger partial charge in [0.25, 0.3) is 11.2 Å². The standard InChI is InChI=1S/C22H15F2N3O5S/c1-2-32-22(29)20-19(25-15-9-7-12(23)11-14(15)24)13-8-10-18(28)26(21(13)33-20)16-5-3-4-6-17(16)27(30)31/h3-11,25H,2H2,1H3. The van der Waals surface area contributed by atoms with Crippen LogP contribution >= 0.6 is 11.3 Å². The Morgan fingerprint density at radius 3 is 2.64 bits per heavy atom. The van der Waals surface area contributed by atoms with Crippen LogP contribution in [0.15, 0.2) is 59.4 Å². The Morgan fingerprint density at radius 2 is 1.94 bits per heavy atom. The summed E-state index contributed by atoms with van der Waals surface area (Å²) in [6.45, 7) is 1.68. The van der Waals surface area contributed by atoms with Crippen LogP contribution in [0.4, 0.5) is 25.8 Å². The van der Waals surface area contributed by atoms with Crippen molar-refractivity contribution in [3.63, 3.8) is 0 Å². The van der Waals surface area contributed by atoms with Crippen LogP contribution in [-0.4, -0.2) is 22.1 Å². The Balaban J connectivity index is 2.01. The lowest BCUT2D eigenvalue weighted by Gasteiger charge is -2.10. The number of anilines is 2. The number of rotatable bonds is 6. The molecule has 0 atom stereocenters. The molecule has 4 aromatic rings. The Labute approximate surface area is 188 Å². The van der Waals surface area contributed by atoms with E-state index in [1.807, 2.05) is 0 Å². The lowest BCUT2D eigenvalue weighted by Crippen LogP contribution is -2.17. The molecule has 2 heterocycles. The lowest BCUT2D eigenvalue weighted by molar-refractivity contribution is -0.384. The molecule has 8 nitrogen and oxygen atoms in total. The van der Waals surface area contributed by atoms with E-state index in [0.717, 1.165) is 22.0 Å². The summed E-state index contributed by atoms with van der Waals surface area (Å²) in [5, 5.41) is 14.7. The number of pyridine rings is 1. The Morgan fingerprint density at radius 1 is 1.18 bits per heavy atom. The molecule has 0 fully saturated rings. The number of carbonyl (C=O) groups excluding carboxylic acids is 1. The van der Waals surface area contributed by atoms with Crippen LogP contribution in [0.1, 0.15) is 16.6 Å². The van der Waals surface area contributed by atoms with E-state index in [1.165, 1.54) is 36.4 Å². The first-order valence-electron chi connectivity index (χ1n) is 9.63. The molecule has 33 heavy (non-hydrogen) atoms. The summed E-state index contributed by atoms with van der Waals surface area (Å²) < 4.78 is 33.9. The van der Waals surface area contributed by atoms with E-state index in [2.05, 4.69) is 5.32 Å². The third kappa shape index (κ3) is 4.05. The fourth-order valence-electron chi connectivity index (χ4n) is 3.31. The number of nitro benzene ring substituents is 1. The average molecular weight is 471 g/mol. The van der Waals surface area contributed by atoms with E-state index in [-0.39, 0.29) is 39.1 Å². The molecule has 2 aromatic carbocycles. The van der Waals surface area contributed by atoms with Crippen molar-refractivity contribution in [2.75, 3.05) is 11.9 Å². The maximum absolute atomic E-state index is 14.3. The van der Waals surface area contributed by atoms with Gasteiger partial charge in [-0.05, 0) is 31.2 Å². The number of esters is 1. The third-order valence-corrected chi connectivity index (χ3v) is 5.88. The molecule has 2 aromatic heterocycles. The van der Waals surface area contributed by atoms with Gasteiger partial charge >= 0.3 is 5.97 Å². The second-order valence-electron chi connectivity index (χ2n) is 6.75. The third-order valence-electron chi connectivity index (χ3n) is 4.71. The number of fused-ring (bicyclic) bond motifs is 1. The number of benzene rings is 2. The van der Waals surface area contributed by atoms with Crippen molar-refractivity contribution < 1.29 is 23.2 Å². The van der Waals surface area contributed by atoms with Crippen molar-refractivity contribution in [3.05, 3.63) is 91.6 Å². The number of para-hydroxylation sites is 2. The van der Waals surface area contributed by atoms with Crippen molar-refractivity contribution in [3.8, 4) is 5.69 Å². The minimum atomic E-state index is -0.892. The number of nitro groups is 1. The number of nitrogens with zero attached hydrogens (tertiary/aromatic N) is 2. The topological polar surface area (TPSA) is 103 Å². The van der Waals surface area contributed by atoms with E-state index in [1.54, 1.807) is 13.0 Å². The number of nitrogens with one attached hydrogen (secondary N) is 1. The lowest BCUT2D eigenvalue weighted by atomic mass is 10.2. The Bertz CT molecular complexity index is 1460. The molecule has 11 heteroatoms. The predicted octanol–water partition coefficient (Wildman–Crippen LogP) is 5.16. The van der Waals surface area contributed by atoms with Crippen molar-refractivity contribution in [1.29, 1.82) is 0 Å². The number of carbonyl (C=O) groups is 1. The van der Waals surface area contributed by atoms with E-state index < -0.39 is 28.1 Å². The molecule has 168 valence electrons. The first-order valence-corrected chi connectivity index (χ1v) is 10.4. The highest BCUT2D eigenvalue weighted by molar-refractivity contribution is 7.21. The van der Waals surface area contributed by atoms with Crippen molar-refractivity contribution >= 4 is 44.6 Å². The second-order valence-corrected chi connectivity index (χ2v) is 7.75. The van der Waals surface area contributed by atoms with Crippen LogP contribution in [0.5, 0.6) is 0 Å². The zero-order chi connectivity index (χ0) is 23.7. The zero-order valence-electron chi connectivity index (χ0n) is 17.0. The second kappa shape index (κ2) is 8.79. The maximum atomic E-state index is 14.3. The normalized spacial score (nSPS) is 10.9. The minimum absolute atomic E-state index is 0.00858. The van der Waals surface area contributed by atoms with Gasteiger partial charge in [-0.2, -0.15) is 0 Å². The highest BCUT2D eigenvalue weighted by Gasteiger charge is 2.25. The summed E-state index contributed by atoms with van der Waals surface area (Å²) >= 11 is 0.863. The molecule has 0 amide bonds. The smallest absolute Gasteiger partial charge is 0.350 e. The molecule has 4 rings (SSSR count). The number of hydrogen-bond acceptors (Lipinski definition) is 7. The summed E-state index contributed by atoms with van der Waals surface area (Å²) in [5.41, 5.74) is -0.837. The summed E-state index contributed by atoms with van der Waals surface area (Å²) in [6.07, 6.45) is 0. The average Bonchev–Trinajstić information content (AvgIpc) is 3.14. The number of aromatic nitrogens is 1. The molecule has 0 radical (unpaired) electrons. The summed E-state index contributed by atoms with van der Waals surface area (Å²) in [7, 11) is 0. The first-order chi connectivity index (χ1) is 15.8. The maximum Gasteiger partial charge on any atom is 0.350 e. The molecule has 0 saturated heterocycles. The van der Waals surface area contributed by atoms with E-state index in [4.69, 9.17) is 4.74 Å². The van der Waals surface area contributed by atoms with Gasteiger partial charge in [0.2, 0.25) is 0 Å². The number of ether oxygens (including phenoxy) is 1. The van der Waals surface area contributed by atoms with Gasteiger partial charge in [-0.3, -0.25) is 19.5 Å². The molecule has 0 aliphatic rings. The van der Waals surface area contributed by atoms with Crippen LogP contribution in [0, 0.1) is 21.7 Å². The van der Waals surface area contributed by atoms with Gasteiger partial charge in [0.1, 0.15) is 27.0 Å². The summed E-state index contributed by atoms with van der Waals surface area (Å²) in [6, 6.07) is 11.2. The van der Waals surface area contributed by atoms with Crippen LogP contribution < -0.4 is 10.9 Å². The fourth-order valence-corrected chi connectivity index (χ4v) is 4.47. The molecule has 0 saturated carbocycles. The van der Waals surface area contributed by atoms with Gasteiger partial charge in [0, 0.05) is 23.6 Å². The first kappa shape index (κ1) is 22.1. The van der Waals surface area contributed by atoms with Crippen LogP contribution in [-0.2, 0) is 4.74 Å². The molecular formula is C22H15F2N3O5S. The van der Waals surface area contributed by atoms with Crippen molar-refractivity contribution in [2.45, 2.75) is 6.92 Å². The molecule has 0 bridgehead atoms. The van der Waals surface area contributed by atoms with Gasteiger partial charge in [-0.25, -0.2) is 13.6 Å².